The molecule has 1 N–H and O–H groups in total. The highest BCUT2D eigenvalue weighted by atomic mass is 16.5. The molecule has 0 aliphatic carbocycles. The summed E-state index contributed by atoms with van der Waals surface area (Å²) in [5.74, 6) is 0.402. The van der Waals surface area contributed by atoms with Gasteiger partial charge in [-0.15, -0.1) is 0 Å². The van der Waals surface area contributed by atoms with Crippen LogP contribution in [0.2, 0.25) is 0 Å². The fourth-order valence-corrected chi connectivity index (χ4v) is 4.27. The van der Waals surface area contributed by atoms with E-state index < -0.39 is 0 Å². The van der Waals surface area contributed by atoms with Crippen molar-refractivity contribution in [3.05, 3.63) is 17.7 Å². The second-order valence-corrected chi connectivity index (χ2v) is 7.37. The van der Waals surface area contributed by atoms with E-state index in [0.717, 1.165) is 19.3 Å². The number of anilines is 1. The van der Waals surface area contributed by atoms with E-state index in [-0.39, 0.29) is 29.9 Å². The Morgan fingerprint density at radius 2 is 1.93 bits per heavy atom. The van der Waals surface area contributed by atoms with Crippen LogP contribution in [0.15, 0.2) is 12.1 Å². The summed E-state index contributed by atoms with van der Waals surface area (Å²) in [7, 11) is 3.02. The molecule has 0 saturated carbocycles. The van der Waals surface area contributed by atoms with Crippen molar-refractivity contribution >= 4 is 17.5 Å². The molecule has 3 saturated heterocycles. The van der Waals surface area contributed by atoms with E-state index in [9.17, 15) is 9.59 Å². The van der Waals surface area contributed by atoms with Gasteiger partial charge in [-0.1, -0.05) is 0 Å². The Labute approximate surface area is 164 Å². The SMILES string of the molecule is COc1cc(C(=O)N2CCOCC2)cc(NC(=O)[C@@H]2C[C@@H]3CC[C@H]2O3)c1OC. The molecule has 1 aromatic rings. The van der Waals surface area contributed by atoms with Crippen molar-refractivity contribution in [3.8, 4) is 11.5 Å². The predicted octanol–water partition coefficient (Wildman–Crippen LogP) is 1.68. The summed E-state index contributed by atoms with van der Waals surface area (Å²) in [5.41, 5.74) is 0.880. The molecule has 3 aliphatic rings. The highest BCUT2D eigenvalue weighted by molar-refractivity contribution is 6.00. The molecule has 0 radical (unpaired) electrons. The summed E-state index contributed by atoms with van der Waals surface area (Å²) >= 11 is 0. The molecule has 3 atom stereocenters. The number of carbonyl (C=O) groups excluding carboxylic acids is 2. The van der Waals surface area contributed by atoms with Gasteiger partial charge in [0, 0.05) is 18.7 Å². The summed E-state index contributed by atoms with van der Waals surface area (Å²) in [4.78, 5) is 27.5. The minimum Gasteiger partial charge on any atom is -0.493 e. The molecule has 0 unspecified atom stereocenters. The van der Waals surface area contributed by atoms with Crippen LogP contribution in [0.5, 0.6) is 11.5 Å². The second kappa shape index (κ2) is 7.97. The number of rotatable bonds is 5. The van der Waals surface area contributed by atoms with Gasteiger partial charge in [0.05, 0.1) is 51.2 Å². The Hall–Kier alpha value is -2.32. The third kappa shape index (κ3) is 3.54. The first kappa shape index (κ1) is 19.0. The molecule has 2 bridgehead atoms. The van der Waals surface area contributed by atoms with E-state index in [2.05, 4.69) is 5.32 Å². The number of amides is 2. The van der Waals surface area contributed by atoms with Crippen LogP contribution >= 0.6 is 0 Å². The number of ether oxygens (including phenoxy) is 4. The van der Waals surface area contributed by atoms with E-state index in [1.54, 1.807) is 17.0 Å². The number of methoxy groups -OCH3 is 2. The van der Waals surface area contributed by atoms with E-state index in [0.29, 0.717) is 49.1 Å². The number of benzene rings is 1. The van der Waals surface area contributed by atoms with Gasteiger partial charge >= 0.3 is 0 Å². The van der Waals surface area contributed by atoms with Crippen molar-refractivity contribution in [3.63, 3.8) is 0 Å². The van der Waals surface area contributed by atoms with Crippen LogP contribution in [0.1, 0.15) is 29.6 Å². The van der Waals surface area contributed by atoms with Crippen molar-refractivity contribution in [2.45, 2.75) is 31.5 Å². The van der Waals surface area contributed by atoms with Crippen molar-refractivity contribution in [2.75, 3.05) is 45.8 Å². The van der Waals surface area contributed by atoms with Gasteiger partial charge < -0.3 is 29.2 Å². The van der Waals surface area contributed by atoms with E-state index >= 15 is 0 Å². The zero-order chi connectivity index (χ0) is 19.7. The number of hydrogen-bond donors (Lipinski definition) is 1. The Bertz CT molecular complexity index is 761. The van der Waals surface area contributed by atoms with Gasteiger partial charge in [-0.2, -0.15) is 0 Å². The summed E-state index contributed by atoms with van der Waals surface area (Å²) < 4.78 is 22.0. The number of fused-ring (bicyclic) bond motifs is 2. The molecule has 152 valence electrons. The average Bonchev–Trinajstić information content (AvgIpc) is 3.37. The van der Waals surface area contributed by atoms with Crippen LogP contribution in [-0.2, 0) is 14.3 Å². The van der Waals surface area contributed by atoms with Gasteiger partial charge in [0.25, 0.3) is 5.91 Å². The lowest BCUT2D eigenvalue weighted by molar-refractivity contribution is -0.121. The lowest BCUT2D eigenvalue weighted by Gasteiger charge is -2.27. The molecule has 3 heterocycles. The first-order valence-electron chi connectivity index (χ1n) is 9.70. The molecule has 2 amide bonds. The van der Waals surface area contributed by atoms with Gasteiger partial charge in [-0.25, -0.2) is 0 Å². The fraction of sp³-hybridized carbons (Fsp3) is 0.600. The van der Waals surface area contributed by atoms with Crippen LogP contribution in [0.4, 0.5) is 5.69 Å². The number of morpholine rings is 1. The maximum absolute atomic E-state index is 12.9. The Kier molecular flexibility index (Phi) is 5.41. The van der Waals surface area contributed by atoms with Gasteiger partial charge in [-0.3, -0.25) is 9.59 Å². The third-order valence-electron chi connectivity index (χ3n) is 5.72. The molecular formula is C20H26N2O6. The monoisotopic (exact) mass is 390 g/mol. The summed E-state index contributed by atoms with van der Waals surface area (Å²) in [6.07, 6.45) is 2.85. The molecule has 8 heteroatoms. The molecule has 1 aromatic carbocycles. The molecule has 3 fully saturated rings. The number of carbonyl (C=O) groups is 2. The maximum Gasteiger partial charge on any atom is 0.254 e. The van der Waals surface area contributed by atoms with E-state index in [1.807, 2.05) is 0 Å². The van der Waals surface area contributed by atoms with Crippen LogP contribution in [0.25, 0.3) is 0 Å². The highest BCUT2D eigenvalue weighted by Crippen LogP contribution is 2.41. The molecule has 0 spiro atoms. The molecule has 8 nitrogen and oxygen atoms in total. The fourth-order valence-electron chi connectivity index (χ4n) is 4.27. The maximum atomic E-state index is 12.9. The Morgan fingerprint density at radius 1 is 1.14 bits per heavy atom. The van der Waals surface area contributed by atoms with Gasteiger partial charge in [0.2, 0.25) is 5.91 Å². The zero-order valence-electron chi connectivity index (χ0n) is 16.2. The van der Waals surface area contributed by atoms with E-state index in [4.69, 9.17) is 18.9 Å². The molecule has 3 aliphatic heterocycles. The highest BCUT2D eigenvalue weighted by Gasteiger charge is 2.44. The largest absolute Gasteiger partial charge is 0.493 e. The van der Waals surface area contributed by atoms with Crippen LogP contribution < -0.4 is 14.8 Å². The van der Waals surface area contributed by atoms with Crippen molar-refractivity contribution < 1.29 is 28.5 Å². The first-order valence-corrected chi connectivity index (χ1v) is 9.70. The van der Waals surface area contributed by atoms with E-state index in [1.165, 1.54) is 14.2 Å². The lowest BCUT2D eigenvalue weighted by atomic mass is 9.88. The zero-order valence-corrected chi connectivity index (χ0v) is 16.2. The van der Waals surface area contributed by atoms with Crippen LogP contribution in [-0.4, -0.2) is 69.4 Å². The predicted molar refractivity (Wildman–Crippen MR) is 101 cm³/mol. The molecule has 4 rings (SSSR count). The average molecular weight is 390 g/mol. The van der Waals surface area contributed by atoms with Crippen molar-refractivity contribution in [2.24, 2.45) is 5.92 Å². The van der Waals surface area contributed by atoms with Gasteiger partial charge in [-0.05, 0) is 31.4 Å². The number of hydrogen-bond acceptors (Lipinski definition) is 6. The molecular weight excluding hydrogens is 364 g/mol. The topological polar surface area (TPSA) is 86.3 Å². The minimum absolute atomic E-state index is 0.0175. The quantitative estimate of drug-likeness (QED) is 0.823. The Morgan fingerprint density at radius 3 is 2.54 bits per heavy atom. The van der Waals surface area contributed by atoms with Crippen molar-refractivity contribution in [1.82, 2.24) is 4.90 Å². The van der Waals surface area contributed by atoms with Crippen LogP contribution in [0, 0.1) is 5.92 Å². The molecule has 28 heavy (non-hydrogen) atoms. The van der Waals surface area contributed by atoms with Crippen LogP contribution in [0.3, 0.4) is 0 Å². The summed E-state index contributed by atoms with van der Waals surface area (Å²) in [6, 6.07) is 3.30. The first-order chi connectivity index (χ1) is 13.6. The normalized spacial score (nSPS) is 26.2. The van der Waals surface area contributed by atoms with Gasteiger partial charge in [0.15, 0.2) is 11.5 Å². The smallest absolute Gasteiger partial charge is 0.254 e. The number of nitrogens with one attached hydrogen (secondary N) is 1. The second-order valence-electron chi connectivity index (χ2n) is 7.37. The number of nitrogens with zero attached hydrogens (tertiary/aromatic N) is 1. The Balaban J connectivity index is 1.59. The summed E-state index contributed by atoms with van der Waals surface area (Å²) in [6.45, 7) is 2.12. The summed E-state index contributed by atoms with van der Waals surface area (Å²) in [5, 5.41) is 2.94. The third-order valence-corrected chi connectivity index (χ3v) is 5.72. The van der Waals surface area contributed by atoms with Gasteiger partial charge in [0.1, 0.15) is 0 Å². The van der Waals surface area contributed by atoms with Crippen molar-refractivity contribution in [1.29, 1.82) is 0 Å². The molecule has 0 aromatic heterocycles. The lowest BCUT2D eigenvalue weighted by Crippen LogP contribution is -2.40. The minimum atomic E-state index is -0.173. The standard InChI is InChI=1S/C20H26N2O6/c1-25-17-10-12(20(24)22-5-7-27-8-6-22)9-15(18(17)26-2)21-19(23)14-11-13-3-4-16(14)28-13/h9-10,13-14,16H,3-8,11H2,1-2H3,(H,21,23)/t13-,14+,16+/m0/s1.